The molecule has 0 saturated carbocycles. The minimum absolute atomic E-state index is 0.344. The maximum absolute atomic E-state index is 11.5. The van der Waals surface area contributed by atoms with E-state index < -0.39 is 5.97 Å². The van der Waals surface area contributed by atoms with Gasteiger partial charge in [0.2, 0.25) is 0 Å². The normalized spacial score (nSPS) is 10.1. The highest BCUT2D eigenvalue weighted by Gasteiger charge is 2.17. The molecule has 82 valence electrons. The van der Waals surface area contributed by atoms with Crippen LogP contribution in [-0.2, 0) is 11.8 Å². The largest absolute Gasteiger partial charge is 0.464 e. The van der Waals surface area contributed by atoms with Crippen molar-refractivity contribution in [1.29, 1.82) is 0 Å². The van der Waals surface area contributed by atoms with Gasteiger partial charge >= 0.3 is 5.97 Å². The summed E-state index contributed by atoms with van der Waals surface area (Å²) in [4.78, 5) is 11.5. The molecule has 1 aromatic heterocycles. The van der Waals surface area contributed by atoms with Crippen LogP contribution < -0.4 is 0 Å². The number of esters is 1. The molecule has 0 aliphatic rings. The number of hydrogen-bond donors (Lipinski definition) is 0. The molecule has 0 unspecified atom stereocenters. The van der Waals surface area contributed by atoms with Crippen LogP contribution in [0.5, 0.6) is 0 Å². The Bertz CT molecular complexity index is 503. The second kappa shape index (κ2) is 4.18. The fraction of sp³-hybridized carbons (Fsp3) is 0.167. The molecule has 1 heterocycles. The van der Waals surface area contributed by atoms with Crippen molar-refractivity contribution in [2.45, 2.75) is 0 Å². The minimum atomic E-state index is -0.417. The van der Waals surface area contributed by atoms with Crippen molar-refractivity contribution in [2.75, 3.05) is 7.11 Å². The molecule has 16 heavy (non-hydrogen) atoms. The number of aryl methyl sites for hydroxylation is 1. The summed E-state index contributed by atoms with van der Waals surface area (Å²) in [5.74, 6) is -0.417. The van der Waals surface area contributed by atoms with Crippen LogP contribution in [0.4, 0.5) is 0 Å². The van der Waals surface area contributed by atoms with Gasteiger partial charge in [-0.05, 0) is 5.56 Å². The third-order valence-corrected chi connectivity index (χ3v) is 2.29. The summed E-state index contributed by atoms with van der Waals surface area (Å²) in [6.07, 6.45) is 1.81. The summed E-state index contributed by atoms with van der Waals surface area (Å²) in [5, 5.41) is 4.10. The molecule has 4 heteroatoms. The lowest BCUT2D eigenvalue weighted by Gasteiger charge is -1.99. The fourth-order valence-electron chi connectivity index (χ4n) is 1.56. The lowest BCUT2D eigenvalue weighted by Crippen LogP contribution is -2.04. The lowest BCUT2D eigenvalue weighted by atomic mass is 10.1. The number of aromatic nitrogens is 2. The van der Waals surface area contributed by atoms with Crippen molar-refractivity contribution in [1.82, 2.24) is 9.78 Å². The first-order valence-corrected chi connectivity index (χ1v) is 4.89. The van der Waals surface area contributed by atoms with Crippen LogP contribution in [0.15, 0.2) is 36.5 Å². The Morgan fingerprint density at radius 3 is 2.62 bits per heavy atom. The molecule has 0 bridgehead atoms. The summed E-state index contributed by atoms with van der Waals surface area (Å²) in [7, 11) is 3.13. The maximum atomic E-state index is 11.5. The Kier molecular flexibility index (Phi) is 2.72. The van der Waals surface area contributed by atoms with Crippen molar-refractivity contribution in [3.8, 4) is 11.1 Å². The second-order valence-corrected chi connectivity index (χ2v) is 3.42. The van der Waals surface area contributed by atoms with Crippen LogP contribution in [0, 0.1) is 0 Å². The fourth-order valence-corrected chi connectivity index (χ4v) is 1.56. The van der Waals surface area contributed by atoms with Crippen LogP contribution in [0.2, 0.25) is 0 Å². The molecule has 0 aliphatic heterocycles. The number of ether oxygens (including phenoxy) is 1. The van der Waals surface area contributed by atoms with Crippen LogP contribution in [0.3, 0.4) is 0 Å². The summed E-state index contributed by atoms with van der Waals surface area (Å²) in [6, 6.07) is 9.64. The number of benzene rings is 1. The monoisotopic (exact) mass is 216 g/mol. The van der Waals surface area contributed by atoms with Gasteiger partial charge in [0.05, 0.1) is 7.11 Å². The van der Waals surface area contributed by atoms with E-state index in [-0.39, 0.29) is 0 Å². The van der Waals surface area contributed by atoms with Gasteiger partial charge in [-0.1, -0.05) is 30.3 Å². The first kappa shape index (κ1) is 10.4. The summed E-state index contributed by atoms with van der Waals surface area (Å²) in [6.45, 7) is 0. The Labute approximate surface area is 93.5 Å². The first-order valence-electron chi connectivity index (χ1n) is 4.89. The van der Waals surface area contributed by atoms with Gasteiger partial charge in [-0.3, -0.25) is 4.68 Å². The minimum Gasteiger partial charge on any atom is -0.464 e. The van der Waals surface area contributed by atoms with E-state index in [0.717, 1.165) is 11.1 Å². The quantitative estimate of drug-likeness (QED) is 0.720. The van der Waals surface area contributed by atoms with E-state index in [2.05, 4.69) is 5.10 Å². The van der Waals surface area contributed by atoms with Gasteiger partial charge in [-0.2, -0.15) is 5.10 Å². The van der Waals surface area contributed by atoms with E-state index in [9.17, 15) is 4.79 Å². The second-order valence-electron chi connectivity index (χ2n) is 3.42. The topological polar surface area (TPSA) is 44.1 Å². The van der Waals surface area contributed by atoms with E-state index >= 15 is 0 Å². The van der Waals surface area contributed by atoms with E-state index in [1.807, 2.05) is 36.5 Å². The smallest absolute Gasteiger partial charge is 0.359 e. The number of methoxy groups -OCH3 is 1. The molecule has 0 aliphatic carbocycles. The van der Waals surface area contributed by atoms with Gasteiger partial charge in [0.1, 0.15) is 0 Å². The number of nitrogens with zero attached hydrogens (tertiary/aromatic N) is 2. The van der Waals surface area contributed by atoms with Crippen LogP contribution in [0.1, 0.15) is 10.5 Å². The SMILES string of the molecule is COC(=O)c1nn(C)cc1-c1ccccc1. The predicted molar refractivity (Wildman–Crippen MR) is 60.0 cm³/mol. The van der Waals surface area contributed by atoms with Gasteiger partial charge in [0.15, 0.2) is 5.69 Å². The van der Waals surface area contributed by atoms with Gasteiger partial charge in [-0.15, -0.1) is 0 Å². The van der Waals surface area contributed by atoms with Crippen LogP contribution >= 0.6 is 0 Å². The third-order valence-electron chi connectivity index (χ3n) is 2.29. The van der Waals surface area contributed by atoms with Gasteiger partial charge in [0, 0.05) is 18.8 Å². The predicted octanol–water partition coefficient (Wildman–Crippen LogP) is 1.87. The zero-order chi connectivity index (χ0) is 11.5. The number of rotatable bonds is 2. The zero-order valence-electron chi connectivity index (χ0n) is 9.18. The molecular weight excluding hydrogens is 204 g/mol. The first-order chi connectivity index (χ1) is 7.72. The average molecular weight is 216 g/mol. The zero-order valence-corrected chi connectivity index (χ0v) is 9.18. The van der Waals surface area contributed by atoms with Gasteiger partial charge < -0.3 is 4.74 Å². The van der Waals surface area contributed by atoms with Crippen molar-refractivity contribution >= 4 is 5.97 Å². The molecule has 2 aromatic rings. The lowest BCUT2D eigenvalue weighted by molar-refractivity contribution is 0.0594. The highest BCUT2D eigenvalue weighted by molar-refractivity contribution is 5.95. The van der Waals surface area contributed by atoms with E-state index in [0.29, 0.717) is 5.69 Å². The number of carbonyl (C=O) groups is 1. The van der Waals surface area contributed by atoms with Crippen LogP contribution in [0.25, 0.3) is 11.1 Å². The Hall–Kier alpha value is -2.10. The number of hydrogen-bond acceptors (Lipinski definition) is 3. The molecule has 0 saturated heterocycles. The number of carbonyl (C=O) groups excluding carboxylic acids is 1. The molecule has 0 N–H and O–H groups in total. The molecule has 2 rings (SSSR count). The molecule has 4 nitrogen and oxygen atoms in total. The van der Waals surface area contributed by atoms with E-state index in [1.54, 1.807) is 11.7 Å². The van der Waals surface area contributed by atoms with E-state index in [1.165, 1.54) is 7.11 Å². The average Bonchev–Trinajstić information content (AvgIpc) is 2.71. The summed E-state index contributed by atoms with van der Waals surface area (Å²) in [5.41, 5.74) is 2.09. The van der Waals surface area contributed by atoms with Crippen molar-refractivity contribution < 1.29 is 9.53 Å². The molecule has 0 radical (unpaired) electrons. The Balaban J connectivity index is 2.53. The molecule has 0 amide bonds. The van der Waals surface area contributed by atoms with E-state index in [4.69, 9.17) is 4.74 Å². The molecular formula is C12H12N2O2. The van der Waals surface area contributed by atoms with Crippen molar-refractivity contribution in [3.63, 3.8) is 0 Å². The molecule has 0 atom stereocenters. The Morgan fingerprint density at radius 1 is 1.31 bits per heavy atom. The third kappa shape index (κ3) is 1.82. The van der Waals surface area contributed by atoms with Gasteiger partial charge in [0.25, 0.3) is 0 Å². The maximum Gasteiger partial charge on any atom is 0.359 e. The highest BCUT2D eigenvalue weighted by Crippen LogP contribution is 2.22. The standard InChI is InChI=1S/C12H12N2O2/c1-14-8-10(9-6-4-3-5-7-9)11(13-14)12(15)16-2/h3-8H,1-2H3. The highest BCUT2D eigenvalue weighted by atomic mass is 16.5. The molecule has 0 spiro atoms. The van der Waals surface area contributed by atoms with Gasteiger partial charge in [-0.25, -0.2) is 4.79 Å². The summed E-state index contributed by atoms with van der Waals surface area (Å²) >= 11 is 0. The molecule has 1 aromatic carbocycles. The molecule has 0 fully saturated rings. The Morgan fingerprint density at radius 2 is 2.00 bits per heavy atom. The van der Waals surface area contributed by atoms with Crippen LogP contribution in [-0.4, -0.2) is 22.9 Å². The van der Waals surface area contributed by atoms with Crippen molar-refractivity contribution in [2.24, 2.45) is 7.05 Å². The summed E-state index contributed by atoms with van der Waals surface area (Å²) < 4.78 is 6.30. The van der Waals surface area contributed by atoms with Crippen molar-refractivity contribution in [3.05, 3.63) is 42.2 Å².